The second-order valence-corrected chi connectivity index (χ2v) is 8.04. The third-order valence-corrected chi connectivity index (χ3v) is 6.70. The standard InChI is InChI=1S/C16H24N4OS2/c1-4-20(5-2)16-19-15-13(23-16)8-12(22-15)14(21)18-11-9-17-7-6-10(11)3/h8,10-11,17H,4-7,9H2,1-3H3,(H,18,21). The number of carbonyl (C=O) groups is 1. The minimum absolute atomic E-state index is 0.0325. The molecular weight excluding hydrogens is 328 g/mol. The molecule has 126 valence electrons. The van der Waals surface area contributed by atoms with E-state index in [0.29, 0.717) is 5.92 Å². The van der Waals surface area contributed by atoms with E-state index in [9.17, 15) is 4.79 Å². The van der Waals surface area contributed by atoms with Crippen LogP contribution in [-0.4, -0.2) is 43.1 Å². The summed E-state index contributed by atoms with van der Waals surface area (Å²) >= 11 is 3.17. The molecule has 2 unspecified atom stereocenters. The molecule has 1 aliphatic heterocycles. The monoisotopic (exact) mass is 352 g/mol. The van der Waals surface area contributed by atoms with Gasteiger partial charge < -0.3 is 15.5 Å². The normalized spacial score (nSPS) is 21.5. The minimum Gasteiger partial charge on any atom is -0.349 e. The molecule has 0 bridgehead atoms. The van der Waals surface area contributed by atoms with Crippen LogP contribution in [0.5, 0.6) is 0 Å². The molecule has 5 nitrogen and oxygen atoms in total. The molecule has 2 aromatic heterocycles. The Morgan fingerprint density at radius 2 is 2.22 bits per heavy atom. The van der Waals surface area contributed by atoms with Crippen LogP contribution in [0.2, 0.25) is 0 Å². The van der Waals surface area contributed by atoms with Gasteiger partial charge in [0.25, 0.3) is 5.91 Å². The number of hydrogen-bond acceptors (Lipinski definition) is 6. The number of thiazole rings is 1. The molecule has 2 N–H and O–H groups in total. The van der Waals surface area contributed by atoms with Crippen molar-refractivity contribution in [3.63, 3.8) is 0 Å². The zero-order valence-corrected chi connectivity index (χ0v) is 15.5. The molecule has 1 aliphatic rings. The van der Waals surface area contributed by atoms with Gasteiger partial charge in [-0.25, -0.2) is 4.98 Å². The van der Waals surface area contributed by atoms with Crippen LogP contribution < -0.4 is 15.5 Å². The van der Waals surface area contributed by atoms with Crippen molar-refractivity contribution in [3.8, 4) is 0 Å². The van der Waals surface area contributed by atoms with Crippen molar-refractivity contribution in [2.24, 2.45) is 5.92 Å². The van der Waals surface area contributed by atoms with Crippen molar-refractivity contribution < 1.29 is 4.79 Å². The Balaban J connectivity index is 1.72. The third kappa shape index (κ3) is 3.51. The second-order valence-electron chi connectivity index (χ2n) is 6.00. The van der Waals surface area contributed by atoms with E-state index in [1.54, 1.807) is 11.3 Å². The number of thiophene rings is 1. The first-order valence-electron chi connectivity index (χ1n) is 8.29. The van der Waals surface area contributed by atoms with Gasteiger partial charge in [0.2, 0.25) is 0 Å². The van der Waals surface area contributed by atoms with Gasteiger partial charge in [-0.05, 0) is 38.8 Å². The van der Waals surface area contributed by atoms with Crippen molar-refractivity contribution in [1.29, 1.82) is 0 Å². The fourth-order valence-corrected chi connectivity index (χ4v) is 5.13. The first kappa shape index (κ1) is 16.7. The van der Waals surface area contributed by atoms with E-state index in [2.05, 4.69) is 36.3 Å². The SMILES string of the molecule is CCN(CC)c1nc2sc(C(=O)NC3CNCCC3C)cc2s1. The van der Waals surface area contributed by atoms with Crippen molar-refractivity contribution >= 4 is 43.2 Å². The Hall–Kier alpha value is -1.18. The van der Waals surface area contributed by atoms with E-state index >= 15 is 0 Å². The summed E-state index contributed by atoms with van der Waals surface area (Å²) in [5.74, 6) is 0.554. The maximum Gasteiger partial charge on any atom is 0.261 e. The molecule has 3 heterocycles. The minimum atomic E-state index is 0.0325. The molecule has 0 radical (unpaired) electrons. The lowest BCUT2D eigenvalue weighted by atomic mass is 9.95. The van der Waals surface area contributed by atoms with E-state index < -0.39 is 0 Å². The molecule has 0 aromatic carbocycles. The van der Waals surface area contributed by atoms with Crippen LogP contribution in [0.25, 0.3) is 9.53 Å². The highest BCUT2D eigenvalue weighted by atomic mass is 32.1. The molecule has 2 atom stereocenters. The van der Waals surface area contributed by atoms with E-state index in [1.807, 2.05) is 6.07 Å². The number of nitrogens with zero attached hydrogens (tertiary/aromatic N) is 2. The first-order chi connectivity index (χ1) is 11.1. The zero-order chi connectivity index (χ0) is 16.4. The lowest BCUT2D eigenvalue weighted by Gasteiger charge is -2.30. The fraction of sp³-hybridized carbons (Fsp3) is 0.625. The molecule has 3 rings (SSSR count). The van der Waals surface area contributed by atoms with E-state index in [-0.39, 0.29) is 11.9 Å². The van der Waals surface area contributed by atoms with Gasteiger partial charge in [-0.2, -0.15) is 0 Å². The predicted molar refractivity (Wildman–Crippen MR) is 99.0 cm³/mol. The summed E-state index contributed by atoms with van der Waals surface area (Å²) in [4.78, 5) is 21.2. The van der Waals surface area contributed by atoms with Gasteiger partial charge in [0, 0.05) is 25.7 Å². The van der Waals surface area contributed by atoms with Crippen LogP contribution in [0, 0.1) is 5.92 Å². The van der Waals surface area contributed by atoms with Crippen LogP contribution >= 0.6 is 22.7 Å². The zero-order valence-electron chi connectivity index (χ0n) is 13.9. The summed E-state index contributed by atoms with van der Waals surface area (Å²) in [7, 11) is 0. The third-order valence-electron chi connectivity index (χ3n) is 4.48. The Morgan fingerprint density at radius 1 is 1.43 bits per heavy atom. The average Bonchev–Trinajstić information content (AvgIpc) is 3.10. The molecule has 0 aliphatic carbocycles. The summed E-state index contributed by atoms with van der Waals surface area (Å²) in [5.41, 5.74) is 0. The quantitative estimate of drug-likeness (QED) is 0.869. The Labute approximate surface area is 145 Å². The lowest BCUT2D eigenvalue weighted by Crippen LogP contribution is -2.50. The van der Waals surface area contributed by atoms with Crippen LogP contribution in [0.4, 0.5) is 5.13 Å². The number of nitrogens with one attached hydrogen (secondary N) is 2. The Morgan fingerprint density at radius 3 is 2.87 bits per heavy atom. The topological polar surface area (TPSA) is 57.3 Å². The number of carbonyl (C=O) groups excluding carboxylic acids is 1. The van der Waals surface area contributed by atoms with E-state index in [1.165, 1.54) is 11.3 Å². The number of aromatic nitrogens is 1. The molecule has 1 fully saturated rings. The van der Waals surface area contributed by atoms with Crippen molar-refractivity contribution in [1.82, 2.24) is 15.6 Å². The smallest absolute Gasteiger partial charge is 0.261 e. The second kappa shape index (κ2) is 7.15. The number of anilines is 1. The van der Waals surface area contributed by atoms with Gasteiger partial charge in [-0.3, -0.25) is 4.79 Å². The van der Waals surface area contributed by atoms with Crippen molar-refractivity contribution in [2.75, 3.05) is 31.1 Å². The van der Waals surface area contributed by atoms with Crippen molar-refractivity contribution in [2.45, 2.75) is 33.2 Å². The maximum absolute atomic E-state index is 12.5. The molecule has 1 amide bonds. The summed E-state index contributed by atoms with van der Waals surface area (Å²) in [6.45, 7) is 10.3. The highest BCUT2D eigenvalue weighted by Crippen LogP contribution is 2.34. The van der Waals surface area contributed by atoms with Crippen LogP contribution in [-0.2, 0) is 0 Å². The number of hydrogen-bond donors (Lipinski definition) is 2. The highest BCUT2D eigenvalue weighted by Gasteiger charge is 2.24. The van der Waals surface area contributed by atoms with Crippen molar-refractivity contribution in [3.05, 3.63) is 10.9 Å². The summed E-state index contributed by atoms with van der Waals surface area (Å²) < 4.78 is 1.11. The summed E-state index contributed by atoms with van der Waals surface area (Å²) in [6.07, 6.45) is 1.11. The predicted octanol–water partition coefficient (Wildman–Crippen LogP) is 2.93. The maximum atomic E-state index is 12.5. The summed E-state index contributed by atoms with van der Waals surface area (Å²) in [6, 6.07) is 2.21. The molecule has 0 spiro atoms. The number of fused-ring (bicyclic) bond motifs is 1. The summed E-state index contributed by atoms with van der Waals surface area (Å²) in [5, 5.41) is 7.57. The van der Waals surface area contributed by atoms with Gasteiger partial charge >= 0.3 is 0 Å². The average molecular weight is 353 g/mol. The Kier molecular flexibility index (Phi) is 5.18. The molecule has 7 heteroatoms. The van der Waals surface area contributed by atoms with Gasteiger partial charge in [0.1, 0.15) is 4.83 Å². The van der Waals surface area contributed by atoms with E-state index in [4.69, 9.17) is 4.98 Å². The van der Waals surface area contributed by atoms with Gasteiger partial charge in [-0.15, -0.1) is 11.3 Å². The number of piperidine rings is 1. The molecule has 23 heavy (non-hydrogen) atoms. The fourth-order valence-electron chi connectivity index (χ4n) is 2.89. The molecule has 1 saturated heterocycles. The molecule has 0 saturated carbocycles. The van der Waals surface area contributed by atoms with Crippen LogP contribution in [0.3, 0.4) is 0 Å². The largest absolute Gasteiger partial charge is 0.349 e. The first-order valence-corrected chi connectivity index (χ1v) is 9.92. The van der Waals surface area contributed by atoms with Gasteiger partial charge in [0.15, 0.2) is 5.13 Å². The Bertz CT molecular complexity index is 645. The molecule has 2 aromatic rings. The number of amides is 1. The lowest BCUT2D eigenvalue weighted by molar-refractivity contribution is 0.0919. The van der Waals surface area contributed by atoms with Crippen LogP contribution in [0.1, 0.15) is 36.9 Å². The van der Waals surface area contributed by atoms with Gasteiger partial charge in [-0.1, -0.05) is 18.3 Å². The van der Waals surface area contributed by atoms with Gasteiger partial charge in [0.05, 0.1) is 9.58 Å². The highest BCUT2D eigenvalue weighted by molar-refractivity contribution is 7.29. The van der Waals surface area contributed by atoms with E-state index in [0.717, 1.165) is 52.1 Å². The van der Waals surface area contributed by atoms with Crippen LogP contribution in [0.15, 0.2) is 6.07 Å². The molecular formula is C16H24N4OS2. The number of rotatable bonds is 5.